The summed E-state index contributed by atoms with van der Waals surface area (Å²) in [6.07, 6.45) is 2.39. The number of halogens is 1. The zero-order valence-corrected chi connectivity index (χ0v) is 8.69. The van der Waals surface area contributed by atoms with E-state index in [1.807, 2.05) is 6.92 Å². The van der Waals surface area contributed by atoms with Crippen molar-refractivity contribution in [3.05, 3.63) is 12.2 Å². The number of hydrogen-bond donors (Lipinski definition) is 3. The van der Waals surface area contributed by atoms with Gasteiger partial charge in [0.15, 0.2) is 5.82 Å². The van der Waals surface area contributed by atoms with Crippen LogP contribution in [0.15, 0.2) is 6.33 Å². The lowest BCUT2D eigenvalue weighted by molar-refractivity contribution is 0.405. The summed E-state index contributed by atoms with van der Waals surface area (Å²) in [7, 11) is -3.13. The Morgan fingerprint density at radius 2 is 2.31 bits per heavy atom. The van der Waals surface area contributed by atoms with Crippen molar-refractivity contribution in [2.75, 3.05) is 0 Å². The van der Waals surface area contributed by atoms with Crippen LogP contribution in [0.3, 0.4) is 0 Å². The molecule has 1 atom stereocenters. The van der Waals surface area contributed by atoms with E-state index in [2.05, 4.69) is 15.2 Å². The average Bonchev–Trinajstić information content (AvgIpc) is 2.54. The molecule has 0 aliphatic carbocycles. The van der Waals surface area contributed by atoms with E-state index in [0.717, 1.165) is 6.42 Å². The van der Waals surface area contributed by atoms with Crippen molar-refractivity contribution in [1.29, 1.82) is 0 Å². The molecule has 0 bridgehead atoms. The van der Waals surface area contributed by atoms with Crippen molar-refractivity contribution in [2.45, 2.75) is 18.7 Å². The minimum absolute atomic E-state index is 0.0451. The molecule has 1 aromatic heterocycles. The summed E-state index contributed by atoms with van der Waals surface area (Å²) in [4.78, 5) is 18.2. The van der Waals surface area contributed by atoms with Gasteiger partial charge in [-0.15, -0.1) is 11.6 Å². The van der Waals surface area contributed by atoms with E-state index in [9.17, 15) is 0 Å². The highest BCUT2D eigenvalue weighted by molar-refractivity contribution is 7.30. The number of nitrogens with zero attached hydrogens (tertiary/aromatic N) is 2. The minimum Gasteiger partial charge on any atom is -0.326 e. The Morgan fingerprint density at radius 3 is 2.62 bits per heavy atom. The molecule has 0 saturated heterocycles. The first-order chi connectivity index (χ1) is 6.07. The molecule has 0 spiro atoms. The Morgan fingerprint density at radius 1 is 1.77 bits per heavy atom. The number of nitrogens with one attached hydrogen (secondary N) is 1. The molecule has 0 aliphatic heterocycles. The summed E-state index contributed by atoms with van der Waals surface area (Å²) in [5, 5.41) is 6.37. The summed E-state index contributed by atoms with van der Waals surface area (Å²) in [6.45, 7) is 1.99. The van der Waals surface area contributed by atoms with E-state index in [0.29, 0.717) is 5.82 Å². The van der Waals surface area contributed by atoms with Gasteiger partial charge >= 0.3 is 8.25 Å². The molecule has 3 N–H and O–H groups in total. The lowest BCUT2D eigenvalue weighted by atomic mass is 10.3. The maximum Gasteiger partial charge on any atom is 0.314 e. The first kappa shape index (κ1) is 12.6. The van der Waals surface area contributed by atoms with Gasteiger partial charge < -0.3 is 9.79 Å². The number of H-pyrrole nitrogens is 1. The zero-order valence-electron chi connectivity index (χ0n) is 6.94. The highest BCUT2D eigenvalue weighted by Crippen LogP contribution is 2.18. The van der Waals surface area contributed by atoms with Crippen LogP contribution in [0.25, 0.3) is 0 Å². The van der Waals surface area contributed by atoms with Crippen molar-refractivity contribution in [3.63, 3.8) is 0 Å². The largest absolute Gasteiger partial charge is 0.326 e. The van der Waals surface area contributed by atoms with Gasteiger partial charge in [0, 0.05) is 0 Å². The summed E-state index contributed by atoms with van der Waals surface area (Å²) in [6, 6.07) is 0. The van der Waals surface area contributed by atoms with Crippen LogP contribution in [0, 0.1) is 0 Å². The molecule has 6 nitrogen and oxygen atoms in total. The molecule has 1 aromatic rings. The molecule has 76 valence electrons. The molecule has 0 amide bonds. The van der Waals surface area contributed by atoms with Crippen molar-refractivity contribution in [2.24, 2.45) is 0 Å². The van der Waals surface area contributed by atoms with Gasteiger partial charge in [-0.2, -0.15) is 5.10 Å². The van der Waals surface area contributed by atoms with E-state index in [4.69, 9.17) is 26.0 Å². The van der Waals surface area contributed by atoms with Gasteiger partial charge in [-0.25, -0.2) is 4.98 Å². The van der Waals surface area contributed by atoms with E-state index in [1.54, 1.807) is 0 Å². The average molecular weight is 228 g/mol. The molecule has 1 unspecified atom stereocenters. The van der Waals surface area contributed by atoms with Gasteiger partial charge in [0.25, 0.3) is 0 Å². The third-order valence-electron chi connectivity index (χ3n) is 1.07. The third-order valence-corrected chi connectivity index (χ3v) is 1.58. The summed E-state index contributed by atoms with van der Waals surface area (Å²) < 4.78 is 8.74. The summed E-state index contributed by atoms with van der Waals surface area (Å²) in [5.41, 5.74) is 0. The Bertz CT molecular complexity index is 239. The van der Waals surface area contributed by atoms with Gasteiger partial charge in [-0.05, 0) is 6.42 Å². The third kappa shape index (κ3) is 6.72. The topological polar surface area (TPSA) is 99.1 Å². The van der Waals surface area contributed by atoms with Gasteiger partial charge in [0.1, 0.15) is 6.33 Å². The second-order valence-corrected chi connectivity index (χ2v) is 3.11. The van der Waals surface area contributed by atoms with Gasteiger partial charge in [0.2, 0.25) is 0 Å². The van der Waals surface area contributed by atoms with Crippen LogP contribution in [0.1, 0.15) is 24.5 Å². The van der Waals surface area contributed by atoms with Gasteiger partial charge in [-0.1, -0.05) is 6.92 Å². The van der Waals surface area contributed by atoms with E-state index in [1.165, 1.54) is 6.33 Å². The second-order valence-electron chi connectivity index (χ2n) is 2.02. The number of aromatic amines is 1. The molecular weight excluding hydrogens is 216 g/mol. The van der Waals surface area contributed by atoms with Crippen LogP contribution in [-0.2, 0) is 4.57 Å². The lowest BCUT2D eigenvalue weighted by Crippen LogP contribution is -1.90. The predicted molar refractivity (Wildman–Crippen MR) is 48.7 cm³/mol. The van der Waals surface area contributed by atoms with E-state index in [-0.39, 0.29) is 5.38 Å². The van der Waals surface area contributed by atoms with Crippen LogP contribution in [0.4, 0.5) is 0 Å². The molecule has 1 heterocycles. The molecule has 13 heavy (non-hydrogen) atoms. The van der Waals surface area contributed by atoms with Crippen LogP contribution < -0.4 is 0 Å². The number of rotatable bonds is 2. The zero-order chi connectivity index (χ0) is 10.3. The smallest absolute Gasteiger partial charge is 0.314 e. The molecule has 0 aromatic carbocycles. The quantitative estimate of drug-likeness (QED) is 0.514. The molecular formula is C5H11ClN3O3P. The Labute approximate surface area is 80.9 Å². The van der Waals surface area contributed by atoms with Gasteiger partial charge in [-0.3, -0.25) is 9.66 Å². The number of alkyl halides is 1. The standard InChI is InChI=1S/C5H8ClN3.H3O3P/c1-2-4(6)5-7-3-8-9-5;1-4(2)3/h3-4H,2H2,1H3,(H,7,8,9);4H,(H2,1,2,3). The van der Waals surface area contributed by atoms with Crippen LogP contribution >= 0.6 is 19.9 Å². The van der Waals surface area contributed by atoms with Crippen LogP contribution in [0.2, 0.25) is 0 Å². The summed E-state index contributed by atoms with van der Waals surface area (Å²) >= 11 is 5.79. The minimum atomic E-state index is -3.13. The lowest BCUT2D eigenvalue weighted by Gasteiger charge is -1.96. The fourth-order valence-corrected chi connectivity index (χ4v) is 0.658. The summed E-state index contributed by atoms with van der Waals surface area (Å²) in [5.74, 6) is 0.680. The van der Waals surface area contributed by atoms with Crippen molar-refractivity contribution in [1.82, 2.24) is 15.2 Å². The molecule has 0 aliphatic rings. The molecule has 0 fully saturated rings. The first-order valence-corrected chi connectivity index (χ1v) is 5.23. The monoisotopic (exact) mass is 227 g/mol. The predicted octanol–water partition coefficient (Wildman–Crippen LogP) is 0.855. The highest BCUT2D eigenvalue weighted by atomic mass is 35.5. The normalized spacial score (nSPS) is 12.1. The number of hydrogen-bond acceptors (Lipinski definition) is 3. The highest BCUT2D eigenvalue weighted by Gasteiger charge is 2.06. The maximum atomic E-state index is 8.74. The SMILES string of the molecule is CCC(Cl)c1nc[nH]n1.O=[PH](O)O. The first-order valence-electron chi connectivity index (χ1n) is 3.49. The van der Waals surface area contributed by atoms with Crippen LogP contribution in [-0.4, -0.2) is 25.0 Å². The number of aromatic nitrogens is 3. The fourth-order valence-electron chi connectivity index (χ4n) is 0.552. The van der Waals surface area contributed by atoms with E-state index >= 15 is 0 Å². The van der Waals surface area contributed by atoms with Crippen LogP contribution in [0.5, 0.6) is 0 Å². The maximum absolute atomic E-state index is 8.74. The van der Waals surface area contributed by atoms with Crippen molar-refractivity contribution in [3.8, 4) is 0 Å². The van der Waals surface area contributed by atoms with Crippen molar-refractivity contribution < 1.29 is 14.4 Å². The second kappa shape index (κ2) is 7.03. The van der Waals surface area contributed by atoms with Crippen molar-refractivity contribution >= 4 is 19.9 Å². The molecule has 1 rings (SSSR count). The molecule has 0 saturated carbocycles. The fraction of sp³-hybridized carbons (Fsp3) is 0.600. The Hall–Kier alpha value is -0.420. The Kier molecular flexibility index (Phi) is 6.80. The van der Waals surface area contributed by atoms with E-state index < -0.39 is 8.25 Å². The molecule has 8 heteroatoms. The van der Waals surface area contributed by atoms with Gasteiger partial charge in [0.05, 0.1) is 5.38 Å². The Balaban J connectivity index is 0.000000310. The molecule has 0 radical (unpaired) electrons.